The second-order valence-corrected chi connectivity index (χ2v) is 5.08. The Bertz CT molecular complexity index is 290. The van der Waals surface area contributed by atoms with Crippen LogP contribution in [-0.4, -0.2) is 41.8 Å². The summed E-state index contributed by atoms with van der Waals surface area (Å²) in [7, 11) is 0. The van der Waals surface area contributed by atoms with Crippen LogP contribution in [-0.2, 0) is 4.79 Å². The zero-order chi connectivity index (χ0) is 13.8. The number of likely N-dealkylation sites (tertiary alicyclic amines) is 1. The number of aliphatic carboxylic acids is 1. The molecule has 0 aromatic rings. The standard InChI is InChI=1S/C12H20F3NO2/c1-2-4-11(10(17)18)5-3-7-16(9-11)8-6-12(13,14)15/h2-9H2,1H3,(H,17,18). The summed E-state index contributed by atoms with van der Waals surface area (Å²) in [4.78, 5) is 13.0. The molecule has 0 spiro atoms. The van der Waals surface area contributed by atoms with E-state index in [1.807, 2.05) is 6.92 Å². The summed E-state index contributed by atoms with van der Waals surface area (Å²) in [5, 5.41) is 9.32. The lowest BCUT2D eigenvalue weighted by molar-refractivity contribution is -0.155. The summed E-state index contributed by atoms with van der Waals surface area (Å²) in [5.41, 5.74) is -0.849. The van der Waals surface area contributed by atoms with E-state index in [1.54, 1.807) is 4.90 Å². The van der Waals surface area contributed by atoms with Crippen molar-refractivity contribution in [2.75, 3.05) is 19.6 Å². The predicted octanol–water partition coefficient (Wildman–Crippen LogP) is 2.91. The zero-order valence-electron chi connectivity index (χ0n) is 10.6. The van der Waals surface area contributed by atoms with E-state index >= 15 is 0 Å². The maximum atomic E-state index is 12.2. The smallest absolute Gasteiger partial charge is 0.390 e. The predicted molar refractivity (Wildman–Crippen MR) is 61.3 cm³/mol. The number of nitrogens with zero attached hydrogens (tertiary/aromatic N) is 1. The van der Waals surface area contributed by atoms with Gasteiger partial charge in [0.05, 0.1) is 11.8 Å². The van der Waals surface area contributed by atoms with Crippen molar-refractivity contribution in [2.24, 2.45) is 5.41 Å². The number of halogens is 3. The maximum absolute atomic E-state index is 12.2. The maximum Gasteiger partial charge on any atom is 0.390 e. The molecule has 1 N–H and O–H groups in total. The van der Waals surface area contributed by atoms with Gasteiger partial charge in [-0.2, -0.15) is 13.2 Å². The Balaban J connectivity index is 2.61. The quantitative estimate of drug-likeness (QED) is 0.832. The van der Waals surface area contributed by atoms with E-state index in [2.05, 4.69) is 0 Å². The fourth-order valence-electron chi connectivity index (χ4n) is 2.67. The first kappa shape index (κ1) is 15.3. The van der Waals surface area contributed by atoms with Crippen LogP contribution in [0.5, 0.6) is 0 Å². The molecule has 1 rings (SSSR count). The van der Waals surface area contributed by atoms with Crippen molar-refractivity contribution in [2.45, 2.75) is 45.2 Å². The third-order valence-corrected chi connectivity index (χ3v) is 3.55. The summed E-state index contributed by atoms with van der Waals surface area (Å²) in [6, 6.07) is 0. The number of hydrogen-bond acceptors (Lipinski definition) is 2. The molecular weight excluding hydrogens is 247 g/mol. The second kappa shape index (κ2) is 5.91. The molecule has 106 valence electrons. The van der Waals surface area contributed by atoms with Gasteiger partial charge >= 0.3 is 12.1 Å². The molecular formula is C12H20F3NO2. The summed E-state index contributed by atoms with van der Waals surface area (Å²) in [5.74, 6) is -0.874. The third-order valence-electron chi connectivity index (χ3n) is 3.55. The molecule has 0 aromatic carbocycles. The van der Waals surface area contributed by atoms with Crippen molar-refractivity contribution in [3.05, 3.63) is 0 Å². The molecule has 1 aliphatic heterocycles. The molecule has 1 fully saturated rings. The van der Waals surface area contributed by atoms with Crippen molar-refractivity contribution < 1.29 is 23.1 Å². The molecule has 0 radical (unpaired) electrons. The minimum Gasteiger partial charge on any atom is -0.481 e. The topological polar surface area (TPSA) is 40.5 Å². The number of rotatable bonds is 5. The van der Waals surface area contributed by atoms with Crippen LogP contribution in [0, 0.1) is 5.41 Å². The van der Waals surface area contributed by atoms with Crippen LogP contribution in [0.2, 0.25) is 0 Å². The van der Waals surface area contributed by atoms with Gasteiger partial charge in [-0.3, -0.25) is 4.79 Å². The summed E-state index contributed by atoms with van der Waals surface area (Å²) in [6.45, 7) is 2.61. The number of hydrogen-bond donors (Lipinski definition) is 1. The molecule has 1 aliphatic rings. The molecule has 0 aliphatic carbocycles. The first-order valence-corrected chi connectivity index (χ1v) is 6.31. The van der Waals surface area contributed by atoms with E-state index in [9.17, 15) is 23.1 Å². The average Bonchev–Trinajstić information content (AvgIpc) is 2.26. The number of alkyl halides is 3. The first-order valence-electron chi connectivity index (χ1n) is 6.31. The van der Waals surface area contributed by atoms with E-state index in [0.29, 0.717) is 25.8 Å². The van der Waals surface area contributed by atoms with Gasteiger partial charge in [0, 0.05) is 13.1 Å². The lowest BCUT2D eigenvalue weighted by Gasteiger charge is -2.40. The highest BCUT2D eigenvalue weighted by Crippen LogP contribution is 2.35. The van der Waals surface area contributed by atoms with Crippen LogP contribution in [0.4, 0.5) is 13.2 Å². The van der Waals surface area contributed by atoms with Crippen LogP contribution >= 0.6 is 0 Å². The largest absolute Gasteiger partial charge is 0.481 e. The van der Waals surface area contributed by atoms with E-state index < -0.39 is 24.0 Å². The Hall–Kier alpha value is -0.780. The molecule has 1 atom stereocenters. The van der Waals surface area contributed by atoms with E-state index in [-0.39, 0.29) is 13.1 Å². The van der Waals surface area contributed by atoms with Crippen molar-refractivity contribution in [3.63, 3.8) is 0 Å². The normalized spacial score (nSPS) is 26.2. The van der Waals surface area contributed by atoms with Crippen LogP contribution in [0.15, 0.2) is 0 Å². The molecule has 0 amide bonds. The minimum absolute atomic E-state index is 0.0950. The number of carbonyl (C=O) groups is 1. The second-order valence-electron chi connectivity index (χ2n) is 5.08. The Morgan fingerprint density at radius 1 is 1.44 bits per heavy atom. The molecule has 6 heteroatoms. The molecule has 1 saturated heterocycles. The highest BCUT2D eigenvalue weighted by molar-refractivity contribution is 5.75. The van der Waals surface area contributed by atoms with E-state index in [1.165, 1.54) is 0 Å². The van der Waals surface area contributed by atoms with Crippen LogP contribution in [0.3, 0.4) is 0 Å². The van der Waals surface area contributed by atoms with Gasteiger partial charge in [0.15, 0.2) is 0 Å². The number of carboxylic acids is 1. The fourth-order valence-corrected chi connectivity index (χ4v) is 2.67. The first-order chi connectivity index (χ1) is 8.29. The number of piperidine rings is 1. The molecule has 3 nitrogen and oxygen atoms in total. The molecule has 18 heavy (non-hydrogen) atoms. The minimum atomic E-state index is -4.17. The zero-order valence-corrected chi connectivity index (χ0v) is 10.6. The van der Waals surface area contributed by atoms with Gasteiger partial charge < -0.3 is 10.0 Å². The Morgan fingerprint density at radius 2 is 2.11 bits per heavy atom. The van der Waals surface area contributed by atoms with E-state index in [0.717, 1.165) is 6.42 Å². The Labute approximate surface area is 105 Å². The van der Waals surface area contributed by atoms with Gasteiger partial charge in [0.2, 0.25) is 0 Å². The van der Waals surface area contributed by atoms with Gasteiger partial charge in [0.25, 0.3) is 0 Å². The van der Waals surface area contributed by atoms with Gasteiger partial charge in [-0.05, 0) is 25.8 Å². The highest BCUT2D eigenvalue weighted by atomic mass is 19.4. The monoisotopic (exact) mass is 267 g/mol. The van der Waals surface area contributed by atoms with Crippen LogP contribution < -0.4 is 0 Å². The van der Waals surface area contributed by atoms with Gasteiger partial charge in [-0.25, -0.2) is 0 Å². The lowest BCUT2D eigenvalue weighted by atomic mass is 9.76. The summed E-state index contributed by atoms with van der Waals surface area (Å²) in [6.07, 6.45) is -2.55. The summed E-state index contributed by atoms with van der Waals surface area (Å²) < 4.78 is 36.5. The molecule has 1 unspecified atom stereocenters. The van der Waals surface area contributed by atoms with E-state index in [4.69, 9.17) is 0 Å². The van der Waals surface area contributed by atoms with Gasteiger partial charge in [-0.1, -0.05) is 13.3 Å². The van der Waals surface area contributed by atoms with Crippen molar-refractivity contribution in [1.82, 2.24) is 4.90 Å². The van der Waals surface area contributed by atoms with Crippen LogP contribution in [0.1, 0.15) is 39.0 Å². The summed E-state index contributed by atoms with van der Waals surface area (Å²) >= 11 is 0. The molecule has 0 bridgehead atoms. The third kappa shape index (κ3) is 4.15. The SMILES string of the molecule is CCCC1(C(=O)O)CCCN(CCC(F)(F)F)C1. The Kier molecular flexibility index (Phi) is 5.01. The van der Waals surface area contributed by atoms with Crippen molar-refractivity contribution >= 4 is 5.97 Å². The van der Waals surface area contributed by atoms with Crippen molar-refractivity contribution in [1.29, 1.82) is 0 Å². The number of carboxylic acid groups (broad SMARTS) is 1. The molecule has 0 aromatic heterocycles. The Morgan fingerprint density at radius 3 is 2.61 bits per heavy atom. The van der Waals surface area contributed by atoms with Crippen molar-refractivity contribution in [3.8, 4) is 0 Å². The van der Waals surface area contributed by atoms with Gasteiger partial charge in [-0.15, -0.1) is 0 Å². The molecule has 1 heterocycles. The van der Waals surface area contributed by atoms with Gasteiger partial charge in [0.1, 0.15) is 0 Å². The molecule has 0 saturated carbocycles. The van der Waals surface area contributed by atoms with Crippen LogP contribution in [0.25, 0.3) is 0 Å². The fraction of sp³-hybridized carbons (Fsp3) is 0.917. The lowest BCUT2D eigenvalue weighted by Crippen LogP contribution is -2.48. The highest BCUT2D eigenvalue weighted by Gasteiger charge is 2.42. The average molecular weight is 267 g/mol.